The van der Waals surface area contributed by atoms with Crippen molar-refractivity contribution in [1.82, 2.24) is 4.57 Å². The molecule has 2 aromatic rings. The van der Waals surface area contributed by atoms with Crippen LogP contribution in [0.4, 0.5) is 0 Å². The lowest BCUT2D eigenvalue weighted by atomic mass is 10.0. The number of hydrogen-bond acceptors (Lipinski definition) is 1. The molecule has 0 bridgehead atoms. The van der Waals surface area contributed by atoms with Crippen LogP contribution in [0.25, 0.3) is 10.9 Å². The van der Waals surface area contributed by atoms with Gasteiger partial charge < -0.3 is 9.67 Å². The Morgan fingerprint density at radius 3 is 2.59 bits per heavy atom. The van der Waals surface area contributed by atoms with E-state index in [2.05, 4.69) is 0 Å². The van der Waals surface area contributed by atoms with E-state index in [1.54, 1.807) is 0 Å². The van der Waals surface area contributed by atoms with Gasteiger partial charge in [0.25, 0.3) is 0 Å². The number of hydrogen-bond donors (Lipinski definition) is 1. The van der Waals surface area contributed by atoms with Gasteiger partial charge in [0.2, 0.25) is 0 Å². The first-order chi connectivity index (χ1) is 7.97. The van der Waals surface area contributed by atoms with Crippen molar-refractivity contribution in [3.8, 4) is 0 Å². The second kappa shape index (κ2) is 4.08. The van der Waals surface area contributed by atoms with E-state index in [-0.39, 0.29) is 5.56 Å². The molecule has 0 radical (unpaired) electrons. The fourth-order valence-corrected chi connectivity index (χ4v) is 2.72. The van der Waals surface area contributed by atoms with E-state index in [1.807, 2.05) is 37.5 Å². The number of rotatable bonds is 2. The number of aryl methyl sites for hydroxylation is 3. The number of carboxylic acids is 1. The van der Waals surface area contributed by atoms with Gasteiger partial charge in [0.15, 0.2) is 0 Å². The molecule has 1 N–H and O–H groups in total. The van der Waals surface area contributed by atoms with Crippen molar-refractivity contribution in [1.29, 1.82) is 0 Å². The van der Waals surface area contributed by atoms with Crippen LogP contribution in [0.5, 0.6) is 0 Å². The van der Waals surface area contributed by atoms with Crippen molar-refractivity contribution < 1.29 is 9.90 Å². The zero-order valence-electron chi connectivity index (χ0n) is 10.0. The summed E-state index contributed by atoms with van der Waals surface area (Å²) in [6.45, 7) is 6.52. The predicted octanol–water partition coefficient (Wildman–Crippen LogP) is 3.63. The van der Waals surface area contributed by atoms with Gasteiger partial charge in [0, 0.05) is 11.9 Å². The van der Waals surface area contributed by atoms with Crippen molar-refractivity contribution in [3.63, 3.8) is 0 Å². The van der Waals surface area contributed by atoms with Gasteiger partial charge in [-0.15, -0.1) is 0 Å². The van der Waals surface area contributed by atoms with E-state index < -0.39 is 5.97 Å². The van der Waals surface area contributed by atoms with Crippen LogP contribution in [0.3, 0.4) is 0 Å². The Bertz CT molecular complexity index is 614. The minimum atomic E-state index is -0.973. The lowest BCUT2D eigenvalue weighted by Crippen LogP contribution is -1.98. The first-order valence-corrected chi connectivity index (χ1v) is 5.87. The normalized spacial score (nSPS) is 11.1. The summed E-state index contributed by atoms with van der Waals surface area (Å²) in [6, 6.07) is 3.95. The maximum atomic E-state index is 11.3. The van der Waals surface area contributed by atoms with Gasteiger partial charge in [-0.1, -0.05) is 17.7 Å². The average Bonchev–Trinajstić information content (AvgIpc) is 2.50. The summed E-state index contributed by atoms with van der Waals surface area (Å²) in [6.07, 6.45) is 0. The topological polar surface area (TPSA) is 42.2 Å². The van der Waals surface area contributed by atoms with Gasteiger partial charge in [-0.05, 0) is 38.0 Å². The quantitative estimate of drug-likeness (QED) is 0.886. The molecule has 0 unspecified atom stereocenters. The van der Waals surface area contributed by atoms with Gasteiger partial charge in [-0.25, -0.2) is 4.79 Å². The number of nitrogens with zero attached hydrogens (tertiary/aromatic N) is 1. The zero-order chi connectivity index (χ0) is 12.7. The SMILES string of the molecule is CCn1c(Cl)c(C(=O)O)c2c(C)cc(C)cc21. The highest BCUT2D eigenvalue weighted by Gasteiger charge is 2.21. The predicted molar refractivity (Wildman–Crippen MR) is 69.1 cm³/mol. The number of carbonyl (C=O) groups is 1. The van der Waals surface area contributed by atoms with E-state index in [0.717, 1.165) is 22.0 Å². The number of benzene rings is 1. The van der Waals surface area contributed by atoms with Crippen LogP contribution < -0.4 is 0 Å². The standard InChI is InChI=1S/C13H14ClNO2/c1-4-15-9-6-7(2)5-8(3)10(9)11(12(15)14)13(16)17/h5-6H,4H2,1-3H3,(H,16,17). The largest absolute Gasteiger partial charge is 0.478 e. The Morgan fingerprint density at radius 1 is 1.41 bits per heavy atom. The molecular formula is C13H14ClNO2. The van der Waals surface area contributed by atoms with Crippen LogP contribution in [0.15, 0.2) is 12.1 Å². The fraction of sp³-hybridized carbons (Fsp3) is 0.308. The van der Waals surface area contributed by atoms with Crippen LogP contribution in [0, 0.1) is 13.8 Å². The minimum absolute atomic E-state index is 0.209. The first kappa shape index (κ1) is 12.0. The third kappa shape index (κ3) is 1.71. The molecular weight excluding hydrogens is 238 g/mol. The van der Waals surface area contributed by atoms with E-state index in [0.29, 0.717) is 11.7 Å². The number of halogens is 1. The Labute approximate surface area is 105 Å². The molecule has 2 rings (SSSR count). The van der Waals surface area contributed by atoms with Crippen LogP contribution in [0.2, 0.25) is 5.15 Å². The van der Waals surface area contributed by atoms with Gasteiger partial charge in [-0.3, -0.25) is 0 Å². The third-order valence-corrected chi connectivity index (χ3v) is 3.37. The second-order valence-corrected chi connectivity index (χ2v) is 4.55. The molecule has 0 aliphatic carbocycles. The summed E-state index contributed by atoms with van der Waals surface area (Å²) >= 11 is 6.15. The minimum Gasteiger partial charge on any atom is -0.478 e. The Balaban J connectivity index is 3.00. The monoisotopic (exact) mass is 251 g/mol. The number of fused-ring (bicyclic) bond motifs is 1. The van der Waals surface area contributed by atoms with Crippen molar-refractivity contribution in [2.75, 3.05) is 0 Å². The third-order valence-electron chi connectivity index (χ3n) is 2.97. The van der Waals surface area contributed by atoms with Crippen LogP contribution in [-0.4, -0.2) is 15.6 Å². The molecule has 0 aliphatic heterocycles. The molecule has 0 saturated carbocycles. The van der Waals surface area contributed by atoms with Crippen LogP contribution in [0.1, 0.15) is 28.4 Å². The van der Waals surface area contributed by atoms with Crippen molar-refractivity contribution in [3.05, 3.63) is 34.0 Å². The fourth-order valence-electron chi connectivity index (χ4n) is 2.33. The van der Waals surface area contributed by atoms with Gasteiger partial charge >= 0.3 is 5.97 Å². The highest BCUT2D eigenvalue weighted by atomic mass is 35.5. The maximum absolute atomic E-state index is 11.3. The number of carboxylic acid groups (broad SMARTS) is 1. The van der Waals surface area contributed by atoms with Crippen LogP contribution >= 0.6 is 11.6 Å². The van der Waals surface area contributed by atoms with Crippen LogP contribution in [-0.2, 0) is 6.54 Å². The molecule has 3 nitrogen and oxygen atoms in total. The summed E-state index contributed by atoms with van der Waals surface area (Å²) in [5.41, 5.74) is 3.16. The lowest BCUT2D eigenvalue weighted by molar-refractivity contribution is 0.0699. The summed E-state index contributed by atoms with van der Waals surface area (Å²) in [5, 5.41) is 10.3. The molecule has 1 heterocycles. The van der Waals surface area contributed by atoms with E-state index >= 15 is 0 Å². The van der Waals surface area contributed by atoms with E-state index in [1.165, 1.54) is 0 Å². The van der Waals surface area contributed by atoms with Gasteiger partial charge in [-0.2, -0.15) is 0 Å². The summed E-state index contributed by atoms with van der Waals surface area (Å²) < 4.78 is 1.83. The lowest BCUT2D eigenvalue weighted by Gasteiger charge is -2.04. The van der Waals surface area contributed by atoms with E-state index in [9.17, 15) is 9.90 Å². The Hall–Kier alpha value is -1.48. The van der Waals surface area contributed by atoms with Crippen molar-refractivity contribution in [2.24, 2.45) is 0 Å². The molecule has 1 aromatic carbocycles. The van der Waals surface area contributed by atoms with Gasteiger partial charge in [0.1, 0.15) is 10.7 Å². The molecule has 0 atom stereocenters. The summed E-state index contributed by atoms with van der Waals surface area (Å²) in [5.74, 6) is -0.973. The molecule has 0 saturated heterocycles. The second-order valence-electron chi connectivity index (χ2n) is 4.19. The molecule has 4 heteroatoms. The molecule has 0 fully saturated rings. The highest BCUT2D eigenvalue weighted by molar-refractivity contribution is 6.35. The summed E-state index contributed by atoms with van der Waals surface area (Å²) in [4.78, 5) is 11.3. The van der Waals surface area contributed by atoms with E-state index in [4.69, 9.17) is 11.6 Å². The highest BCUT2D eigenvalue weighted by Crippen LogP contribution is 2.33. The van der Waals surface area contributed by atoms with Crippen molar-refractivity contribution >= 4 is 28.5 Å². The number of aromatic nitrogens is 1. The number of aromatic carboxylic acids is 1. The molecule has 17 heavy (non-hydrogen) atoms. The average molecular weight is 252 g/mol. The molecule has 1 aromatic heterocycles. The summed E-state index contributed by atoms with van der Waals surface area (Å²) in [7, 11) is 0. The zero-order valence-corrected chi connectivity index (χ0v) is 10.8. The maximum Gasteiger partial charge on any atom is 0.339 e. The Morgan fingerprint density at radius 2 is 2.06 bits per heavy atom. The van der Waals surface area contributed by atoms with Crippen molar-refractivity contribution in [2.45, 2.75) is 27.3 Å². The molecule has 0 aliphatic rings. The first-order valence-electron chi connectivity index (χ1n) is 5.49. The smallest absolute Gasteiger partial charge is 0.339 e. The molecule has 0 spiro atoms. The molecule has 90 valence electrons. The van der Waals surface area contributed by atoms with Gasteiger partial charge in [0.05, 0.1) is 5.52 Å². The molecule has 0 amide bonds. The Kier molecular flexibility index (Phi) is 2.87.